The maximum Gasteiger partial charge on any atom is 0.231 e. The molecule has 0 bridgehead atoms. The molecule has 4 rings (SSSR count). The van der Waals surface area contributed by atoms with Crippen molar-refractivity contribution in [3.8, 4) is 29.1 Å². The summed E-state index contributed by atoms with van der Waals surface area (Å²) >= 11 is 3.50. The van der Waals surface area contributed by atoms with E-state index in [2.05, 4.69) is 22.0 Å². The number of halogens is 1. The first kappa shape index (κ1) is 16.6. The van der Waals surface area contributed by atoms with Crippen molar-refractivity contribution < 1.29 is 18.9 Å². The molecule has 7 heteroatoms. The molecule has 2 aromatic rings. The van der Waals surface area contributed by atoms with E-state index in [9.17, 15) is 5.26 Å². The van der Waals surface area contributed by atoms with E-state index in [0.29, 0.717) is 35.2 Å². The van der Waals surface area contributed by atoms with E-state index < -0.39 is 5.92 Å². The Labute approximate surface area is 158 Å². The van der Waals surface area contributed by atoms with E-state index in [-0.39, 0.29) is 12.7 Å². The maximum absolute atomic E-state index is 9.73. The molecular weight excluding hydrogens is 400 g/mol. The number of allylic oxidation sites excluding steroid dienone is 1. The van der Waals surface area contributed by atoms with E-state index in [0.717, 1.165) is 15.6 Å². The molecule has 2 heterocycles. The summed E-state index contributed by atoms with van der Waals surface area (Å²) in [5.74, 6) is 2.08. The summed E-state index contributed by atoms with van der Waals surface area (Å²) in [5.41, 5.74) is 7.98. The lowest BCUT2D eigenvalue weighted by Gasteiger charge is -2.28. The van der Waals surface area contributed by atoms with Crippen LogP contribution in [-0.2, 0) is 0 Å². The monoisotopic (exact) mass is 414 g/mol. The van der Waals surface area contributed by atoms with Gasteiger partial charge in [-0.2, -0.15) is 5.26 Å². The zero-order valence-corrected chi connectivity index (χ0v) is 15.5. The van der Waals surface area contributed by atoms with E-state index in [1.54, 1.807) is 6.07 Å². The standard InChI is InChI=1S/C19H15BrN2O4/c1-2-23-14-4-3-10(20)5-11(14)18-12-6-16-17(25-9-24-16)7-15(12)26-19(22)13(18)8-21/h3-7,18H,2,9,22H2,1H3. The van der Waals surface area contributed by atoms with Crippen molar-refractivity contribution in [1.82, 2.24) is 0 Å². The molecule has 2 aromatic carbocycles. The van der Waals surface area contributed by atoms with E-state index >= 15 is 0 Å². The Hall–Kier alpha value is -2.85. The van der Waals surface area contributed by atoms with Crippen molar-refractivity contribution in [1.29, 1.82) is 5.26 Å². The second kappa shape index (κ2) is 6.46. The molecule has 2 aliphatic rings. The number of nitrogens with two attached hydrogens (primary N) is 1. The molecule has 0 saturated heterocycles. The summed E-state index contributed by atoms with van der Waals surface area (Å²) in [6.45, 7) is 2.57. The molecule has 2 N–H and O–H groups in total. The third-order valence-electron chi connectivity index (χ3n) is 4.29. The Morgan fingerprint density at radius 2 is 1.96 bits per heavy atom. The van der Waals surface area contributed by atoms with Crippen LogP contribution >= 0.6 is 15.9 Å². The second-order valence-corrected chi connectivity index (χ2v) is 6.70. The van der Waals surface area contributed by atoms with Crippen LogP contribution in [0.15, 0.2) is 46.3 Å². The summed E-state index contributed by atoms with van der Waals surface area (Å²) in [7, 11) is 0. The minimum atomic E-state index is -0.433. The molecule has 26 heavy (non-hydrogen) atoms. The van der Waals surface area contributed by atoms with Crippen molar-refractivity contribution in [2.24, 2.45) is 5.73 Å². The molecule has 1 unspecified atom stereocenters. The van der Waals surface area contributed by atoms with Gasteiger partial charge in [0, 0.05) is 21.7 Å². The van der Waals surface area contributed by atoms with Crippen LogP contribution < -0.4 is 24.7 Å². The van der Waals surface area contributed by atoms with Gasteiger partial charge in [-0.1, -0.05) is 15.9 Å². The number of nitrogens with zero attached hydrogens (tertiary/aromatic N) is 1. The van der Waals surface area contributed by atoms with E-state index in [4.69, 9.17) is 24.7 Å². The van der Waals surface area contributed by atoms with E-state index in [1.807, 2.05) is 31.2 Å². The van der Waals surface area contributed by atoms with Crippen molar-refractivity contribution in [2.45, 2.75) is 12.8 Å². The smallest absolute Gasteiger partial charge is 0.231 e. The van der Waals surface area contributed by atoms with Crippen LogP contribution in [0.1, 0.15) is 24.0 Å². The minimum absolute atomic E-state index is 0.0753. The molecule has 1 atom stereocenters. The molecule has 132 valence electrons. The second-order valence-electron chi connectivity index (χ2n) is 5.78. The highest BCUT2D eigenvalue weighted by Crippen LogP contribution is 2.49. The summed E-state index contributed by atoms with van der Waals surface area (Å²) in [6, 6.07) is 11.5. The van der Waals surface area contributed by atoms with Gasteiger partial charge in [0.1, 0.15) is 23.1 Å². The summed E-state index contributed by atoms with van der Waals surface area (Å²) in [5, 5.41) is 9.73. The quantitative estimate of drug-likeness (QED) is 0.821. The SMILES string of the molecule is CCOc1ccc(Br)cc1C1C(C#N)=C(N)Oc2cc3c(cc21)OCO3. The lowest BCUT2D eigenvalue weighted by molar-refractivity contribution is 0.174. The van der Waals surface area contributed by atoms with Crippen LogP contribution in [0.5, 0.6) is 23.0 Å². The average molecular weight is 415 g/mol. The third kappa shape index (κ3) is 2.63. The van der Waals surface area contributed by atoms with Crippen LogP contribution in [0, 0.1) is 11.3 Å². The van der Waals surface area contributed by atoms with Crippen molar-refractivity contribution >= 4 is 15.9 Å². The molecule has 0 saturated carbocycles. The summed E-state index contributed by atoms with van der Waals surface area (Å²) in [6.07, 6.45) is 0. The first-order valence-electron chi connectivity index (χ1n) is 8.05. The van der Waals surface area contributed by atoms with Crippen molar-refractivity contribution in [3.63, 3.8) is 0 Å². The van der Waals surface area contributed by atoms with Gasteiger partial charge in [0.15, 0.2) is 11.5 Å². The predicted molar refractivity (Wildman–Crippen MR) is 97.2 cm³/mol. The predicted octanol–water partition coefficient (Wildman–Crippen LogP) is 3.79. The fourth-order valence-corrected chi connectivity index (χ4v) is 3.58. The van der Waals surface area contributed by atoms with Crippen LogP contribution in [0.25, 0.3) is 0 Å². The van der Waals surface area contributed by atoms with Crippen LogP contribution in [0.4, 0.5) is 0 Å². The van der Waals surface area contributed by atoms with Gasteiger partial charge >= 0.3 is 0 Å². The summed E-state index contributed by atoms with van der Waals surface area (Å²) in [4.78, 5) is 0. The van der Waals surface area contributed by atoms with Gasteiger partial charge in [0.25, 0.3) is 0 Å². The molecule has 0 spiro atoms. The highest BCUT2D eigenvalue weighted by Gasteiger charge is 2.35. The average Bonchev–Trinajstić information content (AvgIpc) is 3.08. The van der Waals surface area contributed by atoms with Gasteiger partial charge < -0.3 is 24.7 Å². The molecular formula is C19H15BrN2O4. The van der Waals surface area contributed by atoms with Crippen LogP contribution in [0.2, 0.25) is 0 Å². The van der Waals surface area contributed by atoms with Gasteiger partial charge in [0.2, 0.25) is 12.7 Å². The lowest BCUT2D eigenvalue weighted by atomic mass is 9.83. The Bertz CT molecular complexity index is 965. The third-order valence-corrected chi connectivity index (χ3v) is 4.79. The van der Waals surface area contributed by atoms with Crippen LogP contribution in [0.3, 0.4) is 0 Å². The number of ether oxygens (including phenoxy) is 4. The molecule has 0 fully saturated rings. The lowest BCUT2D eigenvalue weighted by Crippen LogP contribution is -2.21. The molecule has 2 aliphatic heterocycles. The minimum Gasteiger partial charge on any atom is -0.494 e. The highest BCUT2D eigenvalue weighted by molar-refractivity contribution is 9.10. The number of nitriles is 1. The normalized spacial score (nSPS) is 17.3. The Balaban J connectivity index is 1.95. The Kier molecular flexibility index (Phi) is 4.13. The van der Waals surface area contributed by atoms with Gasteiger partial charge in [-0.05, 0) is 31.2 Å². The fraction of sp³-hybridized carbons (Fsp3) is 0.211. The van der Waals surface area contributed by atoms with Gasteiger partial charge in [0.05, 0.1) is 12.5 Å². The number of hydrogen-bond donors (Lipinski definition) is 1. The Morgan fingerprint density at radius 3 is 2.69 bits per heavy atom. The Morgan fingerprint density at radius 1 is 1.19 bits per heavy atom. The van der Waals surface area contributed by atoms with Crippen molar-refractivity contribution in [2.75, 3.05) is 13.4 Å². The zero-order valence-electron chi connectivity index (χ0n) is 13.9. The largest absolute Gasteiger partial charge is 0.494 e. The van der Waals surface area contributed by atoms with Gasteiger partial charge in [-0.15, -0.1) is 0 Å². The zero-order chi connectivity index (χ0) is 18.3. The molecule has 0 radical (unpaired) electrons. The van der Waals surface area contributed by atoms with Crippen molar-refractivity contribution in [3.05, 3.63) is 57.4 Å². The van der Waals surface area contributed by atoms with E-state index in [1.165, 1.54) is 0 Å². The number of benzene rings is 2. The topological polar surface area (TPSA) is 86.7 Å². The molecule has 6 nitrogen and oxygen atoms in total. The van der Waals surface area contributed by atoms with Crippen LogP contribution in [-0.4, -0.2) is 13.4 Å². The first-order chi connectivity index (χ1) is 12.6. The molecule has 0 aliphatic carbocycles. The number of rotatable bonds is 3. The first-order valence-corrected chi connectivity index (χ1v) is 8.85. The fourth-order valence-electron chi connectivity index (χ4n) is 3.20. The number of fused-ring (bicyclic) bond motifs is 2. The van der Waals surface area contributed by atoms with Gasteiger partial charge in [-0.3, -0.25) is 0 Å². The molecule has 0 amide bonds. The highest BCUT2D eigenvalue weighted by atomic mass is 79.9. The number of hydrogen-bond acceptors (Lipinski definition) is 6. The molecule has 0 aromatic heterocycles. The van der Waals surface area contributed by atoms with Gasteiger partial charge in [-0.25, -0.2) is 0 Å². The maximum atomic E-state index is 9.73. The summed E-state index contributed by atoms with van der Waals surface area (Å²) < 4.78 is 23.3.